The van der Waals surface area contributed by atoms with Gasteiger partial charge >= 0.3 is 0 Å². The van der Waals surface area contributed by atoms with Crippen LogP contribution in [0.5, 0.6) is 0 Å². The Morgan fingerprint density at radius 1 is 1.19 bits per heavy atom. The zero-order chi connectivity index (χ0) is 22.2. The van der Waals surface area contributed by atoms with E-state index in [1.807, 2.05) is 18.2 Å². The summed E-state index contributed by atoms with van der Waals surface area (Å²) in [6, 6.07) is 12.8. The minimum Gasteiger partial charge on any atom is -0.355 e. The molecule has 1 fully saturated rings. The number of hydrogen-bond acceptors (Lipinski definition) is 6. The summed E-state index contributed by atoms with van der Waals surface area (Å²) >= 11 is 0. The molecule has 0 radical (unpaired) electrons. The second kappa shape index (κ2) is 11.1. The standard InChI is InChI=1S/C25H36N6/c1-5-7-21-15-24(30-25(28-21)29-22-9-6-8-20(14-22)16-26)31-13-12-23(17-31)27-19(4)11-10-18(2)3/h6,8-9,14-15,18-19,23,27H,5,7,10-13,17H2,1-4H3,(H,28,29,30)/t19?,23-/m0/s1. The van der Waals surface area contributed by atoms with Gasteiger partial charge in [-0.1, -0.05) is 33.3 Å². The Kier molecular flexibility index (Phi) is 8.25. The second-order valence-corrected chi connectivity index (χ2v) is 9.08. The topological polar surface area (TPSA) is 76.9 Å². The quantitative estimate of drug-likeness (QED) is 0.561. The summed E-state index contributed by atoms with van der Waals surface area (Å²) in [5.41, 5.74) is 2.50. The molecule has 2 N–H and O–H groups in total. The second-order valence-electron chi connectivity index (χ2n) is 9.08. The maximum absolute atomic E-state index is 9.16. The highest BCUT2D eigenvalue weighted by Gasteiger charge is 2.25. The van der Waals surface area contributed by atoms with Crippen molar-refractivity contribution in [1.82, 2.24) is 15.3 Å². The van der Waals surface area contributed by atoms with Crippen LogP contribution in [0.3, 0.4) is 0 Å². The summed E-state index contributed by atoms with van der Waals surface area (Å²) in [7, 11) is 0. The van der Waals surface area contributed by atoms with Crippen LogP contribution < -0.4 is 15.5 Å². The van der Waals surface area contributed by atoms with Gasteiger partial charge in [0, 0.05) is 42.6 Å². The minimum atomic E-state index is 0.496. The Balaban J connectivity index is 1.69. The molecular formula is C25H36N6. The van der Waals surface area contributed by atoms with Gasteiger partial charge in [-0.3, -0.25) is 0 Å². The van der Waals surface area contributed by atoms with Gasteiger partial charge in [0.2, 0.25) is 5.95 Å². The highest BCUT2D eigenvalue weighted by molar-refractivity contribution is 5.58. The maximum atomic E-state index is 9.16. The Morgan fingerprint density at radius 2 is 2.03 bits per heavy atom. The summed E-state index contributed by atoms with van der Waals surface area (Å²) in [6.45, 7) is 11.0. The fourth-order valence-electron chi connectivity index (χ4n) is 4.05. The number of aromatic nitrogens is 2. The minimum absolute atomic E-state index is 0.496. The van der Waals surface area contributed by atoms with E-state index in [1.165, 1.54) is 12.8 Å². The third kappa shape index (κ3) is 6.93. The molecule has 1 unspecified atom stereocenters. The normalized spacial score (nSPS) is 17.0. The molecule has 0 amide bonds. The average Bonchev–Trinajstić information content (AvgIpc) is 3.21. The van der Waals surface area contributed by atoms with Gasteiger partial charge in [0.05, 0.1) is 11.6 Å². The van der Waals surface area contributed by atoms with Gasteiger partial charge in [-0.25, -0.2) is 4.98 Å². The summed E-state index contributed by atoms with van der Waals surface area (Å²) in [5.74, 6) is 2.33. The molecule has 166 valence electrons. The molecular weight excluding hydrogens is 384 g/mol. The van der Waals surface area contributed by atoms with E-state index in [0.717, 1.165) is 55.5 Å². The molecule has 0 aliphatic carbocycles. The number of nitrogens with zero attached hydrogens (tertiary/aromatic N) is 4. The van der Waals surface area contributed by atoms with Crippen LogP contribution in [0.15, 0.2) is 30.3 Å². The van der Waals surface area contributed by atoms with Crippen LogP contribution in [0, 0.1) is 17.2 Å². The first-order valence-electron chi connectivity index (χ1n) is 11.6. The van der Waals surface area contributed by atoms with Crippen molar-refractivity contribution in [2.24, 2.45) is 5.92 Å². The van der Waals surface area contributed by atoms with Gasteiger partial charge in [-0.15, -0.1) is 0 Å². The SMILES string of the molecule is CCCc1cc(N2CC[C@H](NC(C)CCC(C)C)C2)nc(Nc2cccc(C#N)c2)n1. The lowest BCUT2D eigenvalue weighted by Gasteiger charge is -2.22. The lowest BCUT2D eigenvalue weighted by molar-refractivity contribution is 0.412. The molecule has 1 aromatic carbocycles. The zero-order valence-corrected chi connectivity index (χ0v) is 19.4. The van der Waals surface area contributed by atoms with Gasteiger partial charge in [-0.05, 0) is 56.7 Å². The smallest absolute Gasteiger partial charge is 0.229 e. The first-order chi connectivity index (χ1) is 15.0. The third-order valence-electron chi connectivity index (χ3n) is 5.73. The van der Waals surface area contributed by atoms with E-state index in [9.17, 15) is 0 Å². The number of aryl methyl sites for hydroxylation is 1. The predicted octanol–water partition coefficient (Wildman–Crippen LogP) is 5.04. The number of rotatable bonds is 10. The van der Waals surface area contributed by atoms with E-state index in [1.54, 1.807) is 6.07 Å². The molecule has 1 saturated heterocycles. The maximum Gasteiger partial charge on any atom is 0.229 e. The largest absolute Gasteiger partial charge is 0.355 e. The Bertz CT molecular complexity index is 888. The Hall–Kier alpha value is -2.65. The monoisotopic (exact) mass is 420 g/mol. The fraction of sp³-hybridized carbons (Fsp3) is 0.560. The predicted molar refractivity (Wildman–Crippen MR) is 128 cm³/mol. The van der Waals surface area contributed by atoms with E-state index in [0.29, 0.717) is 23.6 Å². The molecule has 0 spiro atoms. The molecule has 0 bridgehead atoms. The van der Waals surface area contributed by atoms with Crippen LogP contribution in [-0.2, 0) is 6.42 Å². The molecule has 31 heavy (non-hydrogen) atoms. The van der Waals surface area contributed by atoms with Crippen LogP contribution in [0.1, 0.15) is 64.6 Å². The highest BCUT2D eigenvalue weighted by Crippen LogP contribution is 2.23. The molecule has 3 rings (SSSR count). The number of anilines is 3. The number of hydrogen-bond donors (Lipinski definition) is 2. The lowest BCUT2D eigenvalue weighted by Crippen LogP contribution is -2.38. The first-order valence-corrected chi connectivity index (χ1v) is 11.6. The lowest BCUT2D eigenvalue weighted by atomic mass is 10.0. The van der Waals surface area contributed by atoms with Crippen molar-refractivity contribution in [2.45, 2.75) is 71.9 Å². The molecule has 6 nitrogen and oxygen atoms in total. The van der Waals surface area contributed by atoms with Crippen LogP contribution >= 0.6 is 0 Å². The molecule has 2 aromatic rings. The van der Waals surface area contributed by atoms with Gasteiger partial charge < -0.3 is 15.5 Å². The molecule has 0 saturated carbocycles. The fourth-order valence-corrected chi connectivity index (χ4v) is 4.05. The van der Waals surface area contributed by atoms with Crippen LogP contribution in [0.4, 0.5) is 17.5 Å². The van der Waals surface area contributed by atoms with E-state index in [4.69, 9.17) is 15.2 Å². The molecule has 1 aliphatic heterocycles. The summed E-state index contributed by atoms with van der Waals surface area (Å²) in [5, 5.41) is 16.3. The molecule has 1 aliphatic rings. The molecule has 2 atom stereocenters. The zero-order valence-electron chi connectivity index (χ0n) is 19.4. The van der Waals surface area contributed by atoms with Crippen LogP contribution in [0.25, 0.3) is 0 Å². The molecule has 6 heteroatoms. The van der Waals surface area contributed by atoms with Crippen molar-refractivity contribution in [2.75, 3.05) is 23.3 Å². The van der Waals surface area contributed by atoms with Crippen molar-refractivity contribution in [3.05, 3.63) is 41.6 Å². The van der Waals surface area contributed by atoms with Gasteiger partial charge in [-0.2, -0.15) is 10.2 Å². The average molecular weight is 421 g/mol. The summed E-state index contributed by atoms with van der Waals surface area (Å²) in [4.78, 5) is 11.9. The van der Waals surface area contributed by atoms with Gasteiger partial charge in [0.15, 0.2) is 0 Å². The van der Waals surface area contributed by atoms with E-state index in [-0.39, 0.29) is 0 Å². The van der Waals surface area contributed by atoms with Crippen molar-refractivity contribution >= 4 is 17.5 Å². The van der Waals surface area contributed by atoms with E-state index < -0.39 is 0 Å². The number of nitrogens with one attached hydrogen (secondary N) is 2. The number of nitriles is 1. The van der Waals surface area contributed by atoms with E-state index in [2.05, 4.69) is 55.4 Å². The number of benzene rings is 1. The summed E-state index contributed by atoms with van der Waals surface area (Å²) < 4.78 is 0. The Morgan fingerprint density at radius 3 is 2.77 bits per heavy atom. The third-order valence-corrected chi connectivity index (χ3v) is 5.73. The molecule has 2 heterocycles. The van der Waals surface area contributed by atoms with Gasteiger partial charge in [0.25, 0.3) is 0 Å². The molecule has 1 aromatic heterocycles. The first kappa shape index (κ1) is 23.0. The van der Waals surface area contributed by atoms with E-state index >= 15 is 0 Å². The highest BCUT2D eigenvalue weighted by atomic mass is 15.3. The van der Waals surface area contributed by atoms with Crippen molar-refractivity contribution < 1.29 is 0 Å². The summed E-state index contributed by atoms with van der Waals surface area (Å²) in [6.07, 6.45) is 5.57. The van der Waals surface area contributed by atoms with Crippen LogP contribution in [0.2, 0.25) is 0 Å². The van der Waals surface area contributed by atoms with Gasteiger partial charge in [0.1, 0.15) is 5.82 Å². The Labute approximate surface area is 187 Å². The van der Waals surface area contributed by atoms with Crippen LogP contribution in [-0.4, -0.2) is 35.1 Å². The van der Waals surface area contributed by atoms with Crippen molar-refractivity contribution in [3.63, 3.8) is 0 Å². The van der Waals surface area contributed by atoms with Crippen molar-refractivity contribution in [3.8, 4) is 6.07 Å². The van der Waals surface area contributed by atoms with Crippen molar-refractivity contribution in [1.29, 1.82) is 5.26 Å².